The molecule has 0 saturated carbocycles. The second-order valence-electron chi connectivity index (χ2n) is 9.78. The smallest absolute Gasteiger partial charge is 0.408 e. The van der Waals surface area contributed by atoms with Gasteiger partial charge in [0.05, 0.1) is 5.92 Å². The first-order chi connectivity index (χ1) is 16.9. The lowest BCUT2D eigenvalue weighted by Gasteiger charge is -2.38. The number of carbonyl (C=O) groups is 3. The number of alkyl carbamates (subject to hydrolysis) is 1. The number of carbonyl (C=O) groups excluding carboxylic acids is 2. The summed E-state index contributed by atoms with van der Waals surface area (Å²) in [5.74, 6) is -2.00. The first-order valence-corrected chi connectivity index (χ1v) is 12.1. The van der Waals surface area contributed by atoms with E-state index < -0.39 is 23.5 Å². The molecule has 8 nitrogen and oxygen atoms in total. The number of carboxylic acids is 1. The van der Waals surface area contributed by atoms with E-state index in [1.54, 1.807) is 4.90 Å². The molecule has 2 aliphatic heterocycles. The molecule has 2 fully saturated rings. The van der Waals surface area contributed by atoms with Crippen LogP contribution in [-0.4, -0.2) is 66.4 Å². The number of hydrogen-bond donors (Lipinski definition) is 2. The predicted octanol–water partition coefficient (Wildman–Crippen LogP) is 3.25. The van der Waals surface area contributed by atoms with Crippen LogP contribution in [0.3, 0.4) is 0 Å². The van der Waals surface area contributed by atoms with Crippen molar-refractivity contribution < 1.29 is 29.0 Å². The monoisotopic (exact) mass is 478 g/mol. The summed E-state index contributed by atoms with van der Waals surface area (Å²) in [4.78, 5) is 39.7. The van der Waals surface area contributed by atoms with Gasteiger partial charge in [-0.2, -0.15) is 0 Å². The van der Waals surface area contributed by atoms with Crippen molar-refractivity contribution in [2.24, 2.45) is 11.8 Å². The van der Waals surface area contributed by atoms with Crippen molar-refractivity contribution in [1.82, 2.24) is 10.2 Å². The van der Waals surface area contributed by atoms with Crippen molar-refractivity contribution in [1.29, 1.82) is 0 Å². The van der Waals surface area contributed by atoms with Gasteiger partial charge in [-0.3, -0.25) is 9.59 Å². The zero-order valence-corrected chi connectivity index (χ0v) is 19.7. The quantitative estimate of drug-likeness (QED) is 0.684. The molecular weight excluding hydrogens is 448 g/mol. The van der Waals surface area contributed by atoms with Gasteiger partial charge < -0.3 is 24.8 Å². The average molecular weight is 479 g/mol. The summed E-state index contributed by atoms with van der Waals surface area (Å²) in [5.41, 5.74) is 3.36. The van der Waals surface area contributed by atoms with Crippen LogP contribution < -0.4 is 5.32 Å². The van der Waals surface area contributed by atoms with Crippen LogP contribution in [0.2, 0.25) is 0 Å². The molecular formula is C27H30N2O6. The van der Waals surface area contributed by atoms with Crippen LogP contribution in [0.1, 0.15) is 36.8 Å². The number of rotatable bonds is 5. The number of likely N-dealkylation sites (tertiary alicyclic amines) is 1. The normalized spacial score (nSPS) is 22.8. The fraction of sp³-hybridized carbons (Fsp3) is 0.444. The number of nitrogens with one attached hydrogen (secondary N) is 1. The van der Waals surface area contributed by atoms with E-state index in [1.165, 1.54) is 0 Å². The third-order valence-corrected chi connectivity index (χ3v) is 7.66. The Bertz CT molecular complexity index is 1100. The minimum Gasteiger partial charge on any atom is -0.481 e. The first-order valence-electron chi connectivity index (χ1n) is 12.1. The summed E-state index contributed by atoms with van der Waals surface area (Å²) >= 11 is 0. The molecule has 3 aliphatic rings. The van der Waals surface area contributed by atoms with Crippen LogP contribution in [0, 0.1) is 11.8 Å². The molecule has 0 radical (unpaired) electrons. The molecule has 2 amide bonds. The Labute approximate surface area is 204 Å². The molecule has 2 aromatic carbocycles. The second kappa shape index (κ2) is 9.34. The molecule has 2 N–H and O–H groups in total. The average Bonchev–Trinajstić information content (AvgIpc) is 3.41. The van der Waals surface area contributed by atoms with Crippen molar-refractivity contribution in [2.45, 2.75) is 31.2 Å². The number of fused-ring (bicyclic) bond motifs is 3. The minimum absolute atomic E-state index is 0.0785. The molecule has 2 aromatic rings. The van der Waals surface area contributed by atoms with Gasteiger partial charge in [-0.15, -0.1) is 0 Å². The molecule has 2 heterocycles. The molecule has 35 heavy (non-hydrogen) atoms. The van der Waals surface area contributed by atoms with E-state index in [4.69, 9.17) is 9.47 Å². The highest BCUT2D eigenvalue weighted by atomic mass is 16.5. The van der Waals surface area contributed by atoms with E-state index in [1.807, 2.05) is 31.2 Å². The van der Waals surface area contributed by atoms with E-state index >= 15 is 0 Å². The van der Waals surface area contributed by atoms with Crippen molar-refractivity contribution in [2.75, 3.05) is 32.9 Å². The van der Waals surface area contributed by atoms with Crippen LogP contribution in [0.25, 0.3) is 11.1 Å². The van der Waals surface area contributed by atoms with Crippen LogP contribution in [-0.2, 0) is 19.1 Å². The number of hydrogen-bond acceptors (Lipinski definition) is 5. The Hall–Kier alpha value is -3.39. The number of carboxylic acid groups (broad SMARTS) is 1. The molecule has 2 atom stereocenters. The van der Waals surface area contributed by atoms with Crippen LogP contribution in [0.5, 0.6) is 0 Å². The van der Waals surface area contributed by atoms with Gasteiger partial charge in [0, 0.05) is 45.1 Å². The van der Waals surface area contributed by atoms with Crippen molar-refractivity contribution in [3.63, 3.8) is 0 Å². The maximum absolute atomic E-state index is 13.6. The van der Waals surface area contributed by atoms with Gasteiger partial charge in [-0.05, 0) is 28.2 Å². The Morgan fingerprint density at radius 2 is 1.63 bits per heavy atom. The molecule has 0 spiro atoms. The van der Waals surface area contributed by atoms with E-state index in [0.717, 1.165) is 22.3 Å². The first kappa shape index (κ1) is 23.4. The largest absolute Gasteiger partial charge is 0.481 e. The standard InChI is InChI=1S/C27H30N2O6/c1-17-14-29(15-22(17)24(30)31)25(32)27(10-12-34-13-11-27)28-26(33)35-16-23-20-8-4-2-6-18(20)19-7-3-5-9-21(19)23/h2-9,17,22-23H,10-16H2,1H3,(H,28,33)(H,30,31). The molecule has 1 aliphatic carbocycles. The zero-order valence-electron chi connectivity index (χ0n) is 19.7. The summed E-state index contributed by atoms with van der Waals surface area (Å²) in [6.07, 6.45) is -0.0127. The Balaban J connectivity index is 1.30. The van der Waals surface area contributed by atoms with E-state index in [2.05, 4.69) is 29.6 Å². The van der Waals surface area contributed by atoms with E-state index in [9.17, 15) is 19.5 Å². The van der Waals surface area contributed by atoms with Gasteiger partial charge in [0.15, 0.2) is 0 Å². The van der Waals surface area contributed by atoms with Gasteiger partial charge in [-0.25, -0.2) is 4.79 Å². The van der Waals surface area contributed by atoms with E-state index in [0.29, 0.717) is 32.6 Å². The van der Waals surface area contributed by atoms with E-state index in [-0.39, 0.29) is 30.9 Å². The van der Waals surface area contributed by atoms with Gasteiger partial charge in [0.25, 0.3) is 0 Å². The van der Waals surface area contributed by atoms with Gasteiger partial charge in [-0.1, -0.05) is 55.5 Å². The summed E-state index contributed by atoms with van der Waals surface area (Å²) in [6.45, 7) is 3.15. The summed E-state index contributed by atoms with van der Waals surface area (Å²) in [5, 5.41) is 12.3. The SMILES string of the molecule is CC1CN(C(=O)C2(NC(=O)OCC3c4ccccc4-c4ccccc43)CCOCC2)CC1C(=O)O. The third kappa shape index (κ3) is 4.27. The fourth-order valence-electron chi connectivity index (χ4n) is 5.70. The predicted molar refractivity (Wildman–Crippen MR) is 128 cm³/mol. The highest BCUT2D eigenvalue weighted by molar-refractivity contribution is 5.91. The molecule has 2 saturated heterocycles. The Morgan fingerprint density at radius 1 is 1.03 bits per heavy atom. The van der Waals surface area contributed by atoms with Crippen LogP contribution in [0.15, 0.2) is 48.5 Å². The van der Waals surface area contributed by atoms with Crippen LogP contribution >= 0.6 is 0 Å². The van der Waals surface area contributed by atoms with Crippen molar-refractivity contribution in [3.05, 3.63) is 59.7 Å². The lowest BCUT2D eigenvalue weighted by molar-refractivity contribution is -0.143. The van der Waals surface area contributed by atoms with Crippen molar-refractivity contribution in [3.8, 4) is 11.1 Å². The highest BCUT2D eigenvalue weighted by Gasteiger charge is 2.48. The lowest BCUT2D eigenvalue weighted by atomic mass is 9.88. The van der Waals surface area contributed by atoms with Gasteiger partial charge >= 0.3 is 12.1 Å². The van der Waals surface area contributed by atoms with Crippen molar-refractivity contribution >= 4 is 18.0 Å². The summed E-state index contributed by atoms with van der Waals surface area (Å²) < 4.78 is 11.2. The number of nitrogens with zero attached hydrogens (tertiary/aromatic N) is 1. The number of aliphatic carboxylic acids is 1. The number of benzene rings is 2. The molecule has 0 bridgehead atoms. The lowest BCUT2D eigenvalue weighted by Crippen LogP contribution is -2.62. The van der Waals surface area contributed by atoms with Gasteiger partial charge in [0.2, 0.25) is 5.91 Å². The van der Waals surface area contributed by atoms with Crippen LogP contribution in [0.4, 0.5) is 4.79 Å². The second-order valence-corrected chi connectivity index (χ2v) is 9.78. The maximum Gasteiger partial charge on any atom is 0.408 e. The Kier molecular flexibility index (Phi) is 6.23. The number of amides is 2. The Morgan fingerprint density at radius 3 is 2.20 bits per heavy atom. The zero-order chi connectivity index (χ0) is 24.6. The molecule has 5 rings (SSSR count). The topological polar surface area (TPSA) is 105 Å². The molecule has 2 unspecified atom stereocenters. The van der Waals surface area contributed by atoms with Gasteiger partial charge in [0.1, 0.15) is 12.1 Å². The fourth-order valence-corrected chi connectivity index (χ4v) is 5.70. The third-order valence-electron chi connectivity index (χ3n) is 7.66. The molecule has 0 aromatic heterocycles. The highest BCUT2D eigenvalue weighted by Crippen LogP contribution is 2.44. The maximum atomic E-state index is 13.6. The molecule has 184 valence electrons. The minimum atomic E-state index is -1.16. The number of ether oxygens (including phenoxy) is 2. The summed E-state index contributed by atoms with van der Waals surface area (Å²) in [7, 11) is 0. The summed E-state index contributed by atoms with van der Waals surface area (Å²) in [6, 6.07) is 16.2. The molecule has 8 heteroatoms.